The number of piperidine rings is 1. The number of carbonyl (C=O) groups excluding carboxylic acids is 2. The van der Waals surface area contributed by atoms with E-state index in [2.05, 4.69) is 20.6 Å². The number of carbonyl (C=O) groups is 2. The molecule has 0 bridgehead atoms. The monoisotopic (exact) mass is 397 g/mol. The molecule has 3 rings (SSSR count). The molecule has 2 amide bonds. The summed E-state index contributed by atoms with van der Waals surface area (Å²) in [5.74, 6) is 0.128. The molecule has 1 aromatic carbocycles. The van der Waals surface area contributed by atoms with Gasteiger partial charge in [0.2, 0.25) is 5.95 Å². The SMILES string of the molecule is CCOC(=O)N1CCC(Nc2nccc(C(=O)Nc3ccc(C)c(C)c3)n2)CC1. The Kier molecular flexibility index (Phi) is 6.64. The summed E-state index contributed by atoms with van der Waals surface area (Å²) in [6, 6.07) is 7.51. The highest BCUT2D eigenvalue weighted by Gasteiger charge is 2.24. The van der Waals surface area contributed by atoms with E-state index < -0.39 is 0 Å². The van der Waals surface area contributed by atoms with E-state index in [-0.39, 0.29) is 18.0 Å². The van der Waals surface area contributed by atoms with Crippen LogP contribution >= 0.6 is 0 Å². The van der Waals surface area contributed by atoms with Crippen LogP contribution in [0.15, 0.2) is 30.5 Å². The summed E-state index contributed by atoms with van der Waals surface area (Å²) in [5.41, 5.74) is 3.31. The smallest absolute Gasteiger partial charge is 0.409 e. The second-order valence-corrected chi connectivity index (χ2v) is 7.12. The van der Waals surface area contributed by atoms with Crippen molar-refractivity contribution in [3.05, 3.63) is 47.3 Å². The number of nitrogens with zero attached hydrogens (tertiary/aromatic N) is 3. The Labute approximate surface area is 170 Å². The van der Waals surface area contributed by atoms with Crippen molar-refractivity contribution < 1.29 is 14.3 Å². The first kappa shape index (κ1) is 20.6. The first-order chi connectivity index (χ1) is 14.0. The lowest BCUT2D eigenvalue weighted by Crippen LogP contribution is -2.42. The zero-order valence-corrected chi connectivity index (χ0v) is 17.1. The van der Waals surface area contributed by atoms with Gasteiger partial charge < -0.3 is 20.3 Å². The minimum Gasteiger partial charge on any atom is -0.450 e. The molecule has 154 valence electrons. The van der Waals surface area contributed by atoms with Gasteiger partial charge in [0.25, 0.3) is 5.91 Å². The quantitative estimate of drug-likeness (QED) is 0.803. The van der Waals surface area contributed by atoms with Crippen molar-refractivity contribution in [3.8, 4) is 0 Å². The van der Waals surface area contributed by atoms with Crippen LogP contribution in [0.4, 0.5) is 16.4 Å². The number of hydrogen-bond acceptors (Lipinski definition) is 6. The van der Waals surface area contributed by atoms with E-state index in [0.29, 0.717) is 31.3 Å². The molecule has 1 aliphatic heterocycles. The highest BCUT2D eigenvalue weighted by Crippen LogP contribution is 2.17. The Morgan fingerprint density at radius 2 is 1.93 bits per heavy atom. The molecule has 1 saturated heterocycles. The van der Waals surface area contributed by atoms with Gasteiger partial charge in [0.05, 0.1) is 6.61 Å². The molecule has 0 spiro atoms. The fraction of sp³-hybridized carbons (Fsp3) is 0.429. The molecule has 0 atom stereocenters. The molecule has 1 aromatic heterocycles. The lowest BCUT2D eigenvalue weighted by molar-refractivity contribution is 0.0980. The Morgan fingerprint density at radius 1 is 1.17 bits per heavy atom. The van der Waals surface area contributed by atoms with Crippen LogP contribution in [-0.2, 0) is 4.74 Å². The van der Waals surface area contributed by atoms with Crippen molar-refractivity contribution >= 4 is 23.6 Å². The second-order valence-electron chi connectivity index (χ2n) is 7.12. The molecule has 8 nitrogen and oxygen atoms in total. The zero-order valence-electron chi connectivity index (χ0n) is 17.1. The number of nitrogens with one attached hydrogen (secondary N) is 2. The lowest BCUT2D eigenvalue weighted by atomic mass is 10.1. The van der Waals surface area contributed by atoms with Crippen molar-refractivity contribution in [2.75, 3.05) is 30.3 Å². The number of likely N-dealkylation sites (tertiary alicyclic amines) is 1. The summed E-state index contributed by atoms with van der Waals surface area (Å²) in [4.78, 5) is 34.6. The number of aryl methyl sites for hydroxylation is 2. The van der Waals surface area contributed by atoms with Crippen molar-refractivity contribution in [1.82, 2.24) is 14.9 Å². The van der Waals surface area contributed by atoms with E-state index >= 15 is 0 Å². The number of ether oxygens (including phenoxy) is 1. The maximum Gasteiger partial charge on any atom is 0.409 e. The van der Waals surface area contributed by atoms with E-state index in [9.17, 15) is 9.59 Å². The number of amides is 2. The van der Waals surface area contributed by atoms with Gasteiger partial charge in [-0.05, 0) is 62.9 Å². The number of aromatic nitrogens is 2. The van der Waals surface area contributed by atoms with Crippen LogP contribution in [-0.4, -0.2) is 52.6 Å². The molecule has 0 radical (unpaired) electrons. The normalized spacial score (nSPS) is 14.4. The van der Waals surface area contributed by atoms with Crippen molar-refractivity contribution in [2.45, 2.75) is 39.7 Å². The fourth-order valence-electron chi connectivity index (χ4n) is 3.17. The van der Waals surface area contributed by atoms with Gasteiger partial charge in [0.1, 0.15) is 5.69 Å². The number of hydrogen-bond donors (Lipinski definition) is 2. The van der Waals surface area contributed by atoms with Gasteiger partial charge in [0.15, 0.2) is 0 Å². The van der Waals surface area contributed by atoms with E-state index in [1.54, 1.807) is 24.1 Å². The number of rotatable bonds is 5. The van der Waals surface area contributed by atoms with Gasteiger partial charge >= 0.3 is 6.09 Å². The Morgan fingerprint density at radius 3 is 2.62 bits per heavy atom. The number of anilines is 2. The van der Waals surface area contributed by atoms with Crippen LogP contribution in [0.5, 0.6) is 0 Å². The Balaban J connectivity index is 1.57. The van der Waals surface area contributed by atoms with Gasteiger partial charge in [-0.15, -0.1) is 0 Å². The maximum atomic E-state index is 12.5. The van der Waals surface area contributed by atoms with Crippen molar-refractivity contribution in [3.63, 3.8) is 0 Å². The summed E-state index contributed by atoms with van der Waals surface area (Å²) in [7, 11) is 0. The molecule has 1 fully saturated rings. The average molecular weight is 397 g/mol. The van der Waals surface area contributed by atoms with Crippen LogP contribution in [0.1, 0.15) is 41.4 Å². The third-order valence-corrected chi connectivity index (χ3v) is 5.01. The van der Waals surface area contributed by atoms with Gasteiger partial charge in [0, 0.05) is 31.0 Å². The van der Waals surface area contributed by atoms with Crippen LogP contribution in [0.3, 0.4) is 0 Å². The molecule has 1 aliphatic rings. The first-order valence-corrected chi connectivity index (χ1v) is 9.86. The van der Waals surface area contributed by atoms with E-state index in [4.69, 9.17) is 4.74 Å². The summed E-state index contributed by atoms with van der Waals surface area (Å²) in [6.07, 6.45) is 2.83. The minimum absolute atomic E-state index is 0.138. The Bertz CT molecular complexity index is 878. The molecular formula is C21H27N5O3. The fourth-order valence-corrected chi connectivity index (χ4v) is 3.17. The molecule has 2 N–H and O–H groups in total. The van der Waals surface area contributed by atoms with Crippen LogP contribution < -0.4 is 10.6 Å². The van der Waals surface area contributed by atoms with Gasteiger partial charge in [-0.25, -0.2) is 14.8 Å². The molecule has 2 heterocycles. The van der Waals surface area contributed by atoms with Gasteiger partial charge in [-0.2, -0.15) is 0 Å². The average Bonchev–Trinajstić information content (AvgIpc) is 2.72. The predicted molar refractivity (Wildman–Crippen MR) is 111 cm³/mol. The van der Waals surface area contributed by atoms with Crippen LogP contribution in [0, 0.1) is 13.8 Å². The largest absolute Gasteiger partial charge is 0.450 e. The minimum atomic E-state index is -0.282. The Hall–Kier alpha value is -3.16. The van der Waals surface area contributed by atoms with E-state index in [1.165, 1.54) is 5.56 Å². The highest BCUT2D eigenvalue weighted by molar-refractivity contribution is 6.03. The summed E-state index contributed by atoms with van der Waals surface area (Å²) in [5, 5.41) is 6.14. The van der Waals surface area contributed by atoms with Crippen molar-refractivity contribution in [1.29, 1.82) is 0 Å². The standard InChI is InChI=1S/C21H27N5O3/c1-4-29-21(28)26-11-8-16(9-12-26)24-20-22-10-7-18(25-20)19(27)23-17-6-5-14(2)15(3)13-17/h5-7,10,13,16H,4,8-9,11-12H2,1-3H3,(H,23,27)(H,22,24,25). The highest BCUT2D eigenvalue weighted by atomic mass is 16.6. The van der Waals surface area contributed by atoms with Crippen LogP contribution in [0.2, 0.25) is 0 Å². The maximum absolute atomic E-state index is 12.5. The van der Waals surface area contributed by atoms with E-state index in [1.807, 2.05) is 32.0 Å². The molecule has 2 aromatic rings. The molecule has 0 aliphatic carbocycles. The molecule has 8 heteroatoms. The first-order valence-electron chi connectivity index (χ1n) is 9.86. The van der Waals surface area contributed by atoms with E-state index in [0.717, 1.165) is 24.1 Å². The second kappa shape index (κ2) is 9.36. The van der Waals surface area contributed by atoms with Gasteiger partial charge in [-0.1, -0.05) is 6.07 Å². The zero-order chi connectivity index (χ0) is 20.8. The molecule has 0 saturated carbocycles. The van der Waals surface area contributed by atoms with Gasteiger partial charge in [-0.3, -0.25) is 4.79 Å². The molecule has 0 unspecified atom stereocenters. The summed E-state index contributed by atoms with van der Waals surface area (Å²) >= 11 is 0. The van der Waals surface area contributed by atoms with Crippen LogP contribution in [0.25, 0.3) is 0 Å². The predicted octanol–water partition coefficient (Wildman–Crippen LogP) is 3.38. The lowest BCUT2D eigenvalue weighted by Gasteiger charge is -2.31. The third-order valence-electron chi connectivity index (χ3n) is 5.01. The molecular weight excluding hydrogens is 370 g/mol. The third kappa shape index (κ3) is 5.43. The topological polar surface area (TPSA) is 96.5 Å². The number of benzene rings is 1. The van der Waals surface area contributed by atoms with Crippen molar-refractivity contribution in [2.24, 2.45) is 0 Å². The summed E-state index contributed by atoms with van der Waals surface area (Å²) < 4.78 is 5.04. The summed E-state index contributed by atoms with van der Waals surface area (Å²) in [6.45, 7) is 7.44. The molecule has 29 heavy (non-hydrogen) atoms.